The quantitative estimate of drug-likeness (QED) is 0.759. The number of piperidine rings is 1. The van der Waals surface area contributed by atoms with Crippen molar-refractivity contribution >= 4 is 0 Å². The minimum absolute atomic E-state index is 0.0622. The monoisotopic (exact) mass is 290 g/mol. The van der Waals surface area contributed by atoms with Crippen molar-refractivity contribution in [3.63, 3.8) is 0 Å². The number of aliphatic hydroxyl groups excluding tert-OH is 1. The number of hydrogen-bond donors (Lipinski definition) is 2. The largest absolute Gasteiger partial charge is 0.504 e. The average Bonchev–Trinajstić information content (AvgIpc) is 2.85. The lowest BCUT2D eigenvalue weighted by Crippen LogP contribution is -2.66. The number of aromatic hydroxyl groups is 1. The highest BCUT2D eigenvalue weighted by atomic mass is 16.5. The number of phenols is 1. The Balaban J connectivity index is 1.74. The van der Waals surface area contributed by atoms with Crippen LogP contribution in [-0.4, -0.2) is 46.9 Å². The lowest BCUT2D eigenvalue weighted by atomic mass is 9.51. The Kier molecular flexibility index (Phi) is 1.72. The molecule has 1 unspecified atom stereocenters. The topological polar surface area (TPSA) is 52.9 Å². The Bertz CT molecular complexity index is 722. The van der Waals surface area contributed by atoms with Crippen LogP contribution in [0.1, 0.15) is 34.5 Å². The molecule has 5 atom stereocenters. The predicted octanol–water partition coefficient (Wildman–Crippen LogP) is 1.42. The Morgan fingerprint density at radius 3 is 3.19 bits per heavy atom. The van der Waals surface area contributed by atoms with Gasteiger partial charge in [-0.3, -0.25) is 0 Å². The van der Waals surface area contributed by atoms with Gasteiger partial charge in [-0.2, -0.15) is 0 Å². The summed E-state index contributed by atoms with van der Waals surface area (Å²) >= 11 is 0. The van der Waals surface area contributed by atoms with Crippen LogP contribution in [0.15, 0.2) is 12.1 Å². The van der Waals surface area contributed by atoms with E-state index in [4.69, 9.17) is 8.85 Å². The molecule has 112 valence electrons. The van der Waals surface area contributed by atoms with Crippen molar-refractivity contribution in [1.29, 1.82) is 0 Å². The third kappa shape index (κ3) is 1.25. The van der Waals surface area contributed by atoms with E-state index < -0.39 is 13.1 Å². The van der Waals surface area contributed by atoms with Gasteiger partial charge in [-0.25, -0.2) is 0 Å². The average molecular weight is 290 g/mol. The number of aliphatic hydroxyl groups is 1. The zero-order valence-corrected chi connectivity index (χ0v) is 11.7. The first kappa shape index (κ1) is 9.70. The van der Waals surface area contributed by atoms with Crippen LogP contribution in [0, 0.1) is 5.92 Å². The van der Waals surface area contributed by atoms with Gasteiger partial charge >= 0.3 is 0 Å². The number of benzene rings is 1. The van der Waals surface area contributed by atoms with E-state index >= 15 is 0 Å². The number of likely N-dealkylation sites (tertiary alicyclic amines) is 1. The van der Waals surface area contributed by atoms with Crippen LogP contribution < -0.4 is 4.74 Å². The zero-order chi connectivity index (χ0) is 16.9. The highest BCUT2D eigenvalue weighted by Crippen LogP contribution is 2.63. The molecule has 2 heterocycles. The van der Waals surface area contributed by atoms with Gasteiger partial charge in [0.05, 0.1) is 6.10 Å². The summed E-state index contributed by atoms with van der Waals surface area (Å²) in [6.07, 6.45) is 1.79. The van der Waals surface area contributed by atoms with E-state index in [9.17, 15) is 10.2 Å². The molecule has 2 aliphatic heterocycles. The zero-order valence-electron chi connectivity index (χ0n) is 14.7. The summed E-state index contributed by atoms with van der Waals surface area (Å²) in [5, 5.41) is 20.8. The molecule has 4 heteroatoms. The van der Waals surface area contributed by atoms with Crippen LogP contribution in [0.25, 0.3) is 0 Å². The van der Waals surface area contributed by atoms with Crippen molar-refractivity contribution in [2.75, 3.05) is 13.5 Å². The van der Waals surface area contributed by atoms with E-state index in [2.05, 4.69) is 0 Å². The summed E-state index contributed by atoms with van der Waals surface area (Å²) in [4.78, 5) is 1.67. The molecule has 2 fully saturated rings. The SMILES string of the molecule is [2H]C([2H])([2H])N1CC[C@]23c4c5ccc(O)c4O[C@H]2[C@@H](O)CC[C@H]3C1C5. The Hall–Kier alpha value is -1.26. The van der Waals surface area contributed by atoms with Crippen LogP contribution in [0.5, 0.6) is 11.5 Å². The standard InChI is InChI=1S/C17H21NO3/c1-18-7-6-17-10-3-5-13(20)16(17)21-15-12(19)4-2-9(14(15)17)8-11(10)18/h2,4,10-11,13,16,19-20H,3,5-8H2,1H3/t10-,11?,13-,16-,17-/m0/s1/i1D3. The molecule has 2 aliphatic carbocycles. The van der Waals surface area contributed by atoms with E-state index in [0.717, 1.165) is 17.5 Å². The van der Waals surface area contributed by atoms with E-state index in [1.165, 1.54) is 0 Å². The molecule has 21 heavy (non-hydrogen) atoms. The van der Waals surface area contributed by atoms with Gasteiger partial charge in [0.1, 0.15) is 6.10 Å². The molecule has 5 rings (SSSR count). The molecule has 1 aromatic carbocycles. The van der Waals surface area contributed by atoms with Gasteiger partial charge in [-0.05, 0) is 56.8 Å². The van der Waals surface area contributed by atoms with Gasteiger partial charge in [-0.1, -0.05) is 6.07 Å². The Morgan fingerprint density at radius 1 is 1.43 bits per heavy atom. The van der Waals surface area contributed by atoms with Crippen molar-refractivity contribution in [2.45, 2.75) is 49.3 Å². The minimum Gasteiger partial charge on any atom is -0.504 e. The molecule has 0 aromatic heterocycles. The van der Waals surface area contributed by atoms with Crippen molar-refractivity contribution in [2.24, 2.45) is 5.92 Å². The highest BCUT2D eigenvalue weighted by molar-refractivity contribution is 5.60. The second kappa shape index (κ2) is 3.73. The van der Waals surface area contributed by atoms with Crippen LogP contribution in [0.2, 0.25) is 0 Å². The maximum Gasteiger partial charge on any atom is 0.165 e. The summed E-state index contributed by atoms with van der Waals surface area (Å²) < 4.78 is 29.8. The van der Waals surface area contributed by atoms with Crippen LogP contribution in [0.3, 0.4) is 0 Å². The molecule has 1 saturated heterocycles. The number of likely N-dealkylation sites (N-methyl/N-ethyl adjacent to an activating group) is 1. The minimum atomic E-state index is -2.10. The number of hydrogen-bond acceptors (Lipinski definition) is 4. The maximum atomic E-state index is 10.6. The van der Waals surface area contributed by atoms with Gasteiger partial charge in [0.15, 0.2) is 11.5 Å². The number of rotatable bonds is 0. The second-order valence-electron chi connectivity index (χ2n) is 6.99. The molecular formula is C17H21NO3. The first-order chi connectivity index (χ1) is 11.3. The lowest BCUT2D eigenvalue weighted by molar-refractivity contribution is -0.0993. The third-order valence-electron chi connectivity index (χ3n) is 6.29. The van der Waals surface area contributed by atoms with Crippen molar-refractivity contribution in [3.05, 3.63) is 23.3 Å². The molecule has 1 saturated carbocycles. The summed E-state index contributed by atoms with van der Waals surface area (Å²) in [7, 11) is 0. The van der Waals surface area contributed by atoms with E-state index in [0.29, 0.717) is 31.6 Å². The molecule has 1 spiro atoms. The first-order valence-electron chi connectivity index (χ1n) is 9.31. The summed E-state index contributed by atoms with van der Waals surface area (Å²) in [6.45, 7) is -1.63. The number of ether oxygens (including phenoxy) is 1. The van der Waals surface area contributed by atoms with Gasteiger partial charge in [0, 0.05) is 21.1 Å². The third-order valence-corrected chi connectivity index (χ3v) is 6.29. The summed E-state index contributed by atoms with van der Waals surface area (Å²) in [5.74, 6) is 0.792. The molecule has 2 N–H and O–H groups in total. The van der Waals surface area contributed by atoms with Crippen molar-refractivity contribution in [3.8, 4) is 11.5 Å². The second-order valence-corrected chi connectivity index (χ2v) is 6.99. The summed E-state index contributed by atoms with van der Waals surface area (Å²) in [5.41, 5.74) is 1.75. The van der Waals surface area contributed by atoms with Gasteiger partial charge in [-0.15, -0.1) is 0 Å². The molecule has 4 nitrogen and oxygen atoms in total. The molecule has 2 bridgehead atoms. The Labute approximate surface area is 128 Å². The molecule has 0 radical (unpaired) electrons. The normalized spacial score (nSPS) is 46.0. The maximum absolute atomic E-state index is 10.6. The number of phenolic OH excluding ortho intramolecular Hbond substituents is 1. The van der Waals surface area contributed by atoms with Gasteiger partial charge < -0.3 is 19.8 Å². The smallest absolute Gasteiger partial charge is 0.165 e. The fourth-order valence-corrected chi connectivity index (χ4v) is 5.52. The van der Waals surface area contributed by atoms with E-state index in [1.807, 2.05) is 6.07 Å². The molecule has 4 aliphatic rings. The predicted molar refractivity (Wildman–Crippen MR) is 77.7 cm³/mol. The van der Waals surface area contributed by atoms with Gasteiger partial charge in [0.2, 0.25) is 0 Å². The van der Waals surface area contributed by atoms with Gasteiger partial charge in [0.25, 0.3) is 0 Å². The summed E-state index contributed by atoms with van der Waals surface area (Å²) in [6, 6.07) is 3.46. The highest BCUT2D eigenvalue weighted by Gasteiger charge is 2.65. The van der Waals surface area contributed by atoms with Crippen LogP contribution >= 0.6 is 0 Å². The first-order valence-corrected chi connectivity index (χ1v) is 7.81. The van der Waals surface area contributed by atoms with Crippen molar-refractivity contribution < 1.29 is 19.1 Å². The van der Waals surface area contributed by atoms with E-state index in [1.54, 1.807) is 11.0 Å². The fourth-order valence-electron chi connectivity index (χ4n) is 5.52. The Morgan fingerprint density at radius 2 is 2.33 bits per heavy atom. The van der Waals surface area contributed by atoms with Crippen LogP contribution in [0.4, 0.5) is 0 Å². The number of nitrogens with zero attached hydrogens (tertiary/aromatic N) is 1. The van der Waals surface area contributed by atoms with E-state index in [-0.39, 0.29) is 29.2 Å². The van der Waals surface area contributed by atoms with Crippen molar-refractivity contribution in [1.82, 2.24) is 4.90 Å². The fraction of sp³-hybridized carbons (Fsp3) is 0.647. The molecule has 0 amide bonds. The molecule has 1 aromatic rings. The van der Waals surface area contributed by atoms with Crippen LogP contribution in [-0.2, 0) is 11.8 Å². The lowest BCUT2D eigenvalue weighted by Gasteiger charge is -2.58. The molecular weight excluding hydrogens is 266 g/mol.